The normalized spacial score (nSPS) is 19.4. The number of ether oxygens (including phenoxy) is 2. The predicted octanol–water partition coefficient (Wildman–Crippen LogP) is 3.32. The van der Waals surface area contributed by atoms with Crippen molar-refractivity contribution in [3.8, 4) is 0 Å². The second-order valence-electron chi connectivity index (χ2n) is 4.46. The van der Waals surface area contributed by atoms with Crippen molar-refractivity contribution in [1.29, 1.82) is 0 Å². The zero-order valence-corrected chi connectivity index (χ0v) is 10.6. The molecule has 0 bridgehead atoms. The maximum absolute atomic E-state index is 11.4. The third kappa shape index (κ3) is 4.58. The average Bonchev–Trinajstić information content (AvgIpc) is 2.40. The summed E-state index contributed by atoms with van der Waals surface area (Å²) in [5.74, 6) is 0.142. The van der Waals surface area contributed by atoms with Crippen molar-refractivity contribution in [1.82, 2.24) is 0 Å². The highest BCUT2D eigenvalue weighted by molar-refractivity contribution is 5.80. The van der Waals surface area contributed by atoms with Gasteiger partial charge in [-0.25, -0.2) is 4.79 Å². The highest BCUT2D eigenvalue weighted by atomic mass is 16.7. The maximum atomic E-state index is 11.4. The molecule has 1 aliphatic rings. The van der Waals surface area contributed by atoms with Gasteiger partial charge in [0.05, 0.1) is 6.26 Å². The lowest BCUT2D eigenvalue weighted by Crippen LogP contribution is -2.25. The van der Waals surface area contributed by atoms with Crippen LogP contribution in [0, 0.1) is 0 Å². The van der Waals surface area contributed by atoms with Crippen LogP contribution in [-0.4, -0.2) is 18.0 Å². The summed E-state index contributed by atoms with van der Waals surface area (Å²) in [6.45, 7) is 0. The van der Waals surface area contributed by atoms with E-state index in [1.807, 2.05) is 30.3 Å². The molecule has 4 heteroatoms. The monoisotopic (exact) mass is 260 g/mol. The van der Waals surface area contributed by atoms with E-state index in [1.54, 1.807) is 6.08 Å². The van der Waals surface area contributed by atoms with Gasteiger partial charge in [0.25, 0.3) is 0 Å². The van der Waals surface area contributed by atoms with E-state index in [-0.39, 0.29) is 11.9 Å². The van der Waals surface area contributed by atoms with E-state index < -0.39 is 6.16 Å². The molecule has 1 atom stereocenters. The molecule has 0 aromatic heterocycles. The second kappa shape index (κ2) is 6.73. The van der Waals surface area contributed by atoms with E-state index in [2.05, 4.69) is 0 Å². The van der Waals surface area contributed by atoms with Crippen molar-refractivity contribution in [2.45, 2.75) is 31.8 Å². The average molecular weight is 260 g/mol. The van der Waals surface area contributed by atoms with Gasteiger partial charge in [-0.3, -0.25) is 4.79 Å². The number of Topliss-reactive ketones (excluding diaryl/α,β-unsaturated/α-hetero) is 1. The zero-order chi connectivity index (χ0) is 13.5. The summed E-state index contributed by atoms with van der Waals surface area (Å²) in [5.41, 5.74) is 0.933. The van der Waals surface area contributed by atoms with Crippen molar-refractivity contribution in [2.24, 2.45) is 0 Å². The van der Waals surface area contributed by atoms with Gasteiger partial charge in [0.1, 0.15) is 11.9 Å². The molecule has 4 nitrogen and oxygen atoms in total. The molecule has 0 N–H and O–H groups in total. The van der Waals surface area contributed by atoms with Crippen molar-refractivity contribution < 1.29 is 19.1 Å². The van der Waals surface area contributed by atoms with Crippen LogP contribution < -0.4 is 0 Å². The second-order valence-corrected chi connectivity index (χ2v) is 4.46. The Kier molecular flexibility index (Phi) is 4.72. The molecule has 0 amide bonds. The van der Waals surface area contributed by atoms with Gasteiger partial charge < -0.3 is 9.47 Å². The minimum Gasteiger partial charge on any atom is -0.430 e. The summed E-state index contributed by atoms with van der Waals surface area (Å²) < 4.78 is 9.90. The summed E-state index contributed by atoms with van der Waals surface area (Å²) in [6.07, 6.45) is 4.27. The van der Waals surface area contributed by atoms with Crippen LogP contribution >= 0.6 is 0 Å². The minimum absolute atomic E-state index is 0.142. The Bertz CT molecular complexity index is 464. The first kappa shape index (κ1) is 13.3. The van der Waals surface area contributed by atoms with Crippen LogP contribution in [0.3, 0.4) is 0 Å². The lowest BCUT2D eigenvalue weighted by molar-refractivity contribution is -0.123. The number of rotatable bonds is 3. The minimum atomic E-state index is -0.758. The summed E-state index contributed by atoms with van der Waals surface area (Å²) >= 11 is 0. The largest absolute Gasteiger partial charge is 0.513 e. The molecule has 1 aromatic rings. The molecule has 1 unspecified atom stereocenters. The van der Waals surface area contributed by atoms with Crippen molar-refractivity contribution in [3.63, 3.8) is 0 Å². The van der Waals surface area contributed by atoms with Crippen molar-refractivity contribution >= 4 is 18.0 Å². The topological polar surface area (TPSA) is 52.6 Å². The van der Waals surface area contributed by atoms with Crippen LogP contribution in [0.25, 0.3) is 6.08 Å². The third-order valence-electron chi connectivity index (χ3n) is 2.92. The number of benzene rings is 1. The molecule has 100 valence electrons. The Hall–Kier alpha value is -2.10. The molecule has 0 spiro atoms. The molecule has 1 aromatic carbocycles. The Morgan fingerprint density at radius 2 is 2.05 bits per heavy atom. The Balaban J connectivity index is 1.75. The molecule has 1 fully saturated rings. The van der Waals surface area contributed by atoms with Gasteiger partial charge in [0, 0.05) is 12.8 Å². The first-order valence-corrected chi connectivity index (χ1v) is 6.34. The van der Waals surface area contributed by atoms with Crippen molar-refractivity contribution in [2.75, 3.05) is 0 Å². The summed E-state index contributed by atoms with van der Waals surface area (Å²) in [6, 6.07) is 9.49. The molecule has 19 heavy (non-hydrogen) atoms. The van der Waals surface area contributed by atoms with Gasteiger partial charge in [0.2, 0.25) is 0 Å². The molecule has 0 radical (unpaired) electrons. The molecular weight excluding hydrogens is 244 g/mol. The highest BCUT2D eigenvalue weighted by Gasteiger charge is 2.23. The SMILES string of the molecule is O=C1CCCC(OC(=O)OC=Cc2ccccc2)C1. The van der Waals surface area contributed by atoms with E-state index in [0.29, 0.717) is 12.8 Å². The van der Waals surface area contributed by atoms with E-state index in [1.165, 1.54) is 6.26 Å². The molecule has 0 saturated heterocycles. The molecular formula is C15H16O4. The van der Waals surface area contributed by atoms with Gasteiger partial charge in [-0.05, 0) is 24.5 Å². The number of hydrogen-bond acceptors (Lipinski definition) is 4. The van der Waals surface area contributed by atoms with Crippen molar-refractivity contribution in [3.05, 3.63) is 42.2 Å². The molecule has 1 saturated carbocycles. The standard InChI is InChI=1S/C15H16O4/c16-13-7-4-8-14(11-13)19-15(17)18-10-9-12-5-2-1-3-6-12/h1-3,5-6,9-10,14H,4,7-8,11H2. The van der Waals surface area contributed by atoms with E-state index >= 15 is 0 Å². The molecule has 0 aliphatic heterocycles. The van der Waals surface area contributed by atoms with E-state index in [9.17, 15) is 9.59 Å². The Morgan fingerprint density at radius 3 is 2.79 bits per heavy atom. The lowest BCUT2D eigenvalue weighted by atomic mass is 9.97. The van der Waals surface area contributed by atoms with Crippen LogP contribution in [-0.2, 0) is 14.3 Å². The Morgan fingerprint density at radius 1 is 1.26 bits per heavy atom. The number of carbonyl (C=O) groups excluding carboxylic acids is 2. The first-order chi connectivity index (χ1) is 9.24. The van der Waals surface area contributed by atoms with Gasteiger partial charge in [0.15, 0.2) is 0 Å². The molecule has 2 rings (SSSR count). The van der Waals surface area contributed by atoms with Gasteiger partial charge in [-0.15, -0.1) is 0 Å². The summed E-state index contributed by atoms with van der Waals surface area (Å²) in [4.78, 5) is 22.6. The van der Waals surface area contributed by atoms with Crippen LogP contribution in [0.2, 0.25) is 0 Å². The van der Waals surface area contributed by atoms with E-state index in [0.717, 1.165) is 18.4 Å². The maximum Gasteiger partial charge on any atom is 0.513 e. The van der Waals surface area contributed by atoms with Crippen LogP contribution in [0.4, 0.5) is 4.79 Å². The van der Waals surface area contributed by atoms with Crippen LogP contribution in [0.15, 0.2) is 36.6 Å². The van der Waals surface area contributed by atoms with Crippen LogP contribution in [0.1, 0.15) is 31.2 Å². The number of hydrogen-bond donors (Lipinski definition) is 0. The van der Waals surface area contributed by atoms with Crippen LogP contribution in [0.5, 0.6) is 0 Å². The smallest absolute Gasteiger partial charge is 0.430 e. The van der Waals surface area contributed by atoms with E-state index in [4.69, 9.17) is 9.47 Å². The molecule has 0 heterocycles. The number of ketones is 1. The Labute approximate surface area is 112 Å². The van der Waals surface area contributed by atoms with Gasteiger partial charge in [-0.2, -0.15) is 0 Å². The fourth-order valence-electron chi connectivity index (χ4n) is 1.98. The summed E-state index contributed by atoms with van der Waals surface area (Å²) in [7, 11) is 0. The predicted molar refractivity (Wildman–Crippen MR) is 70.3 cm³/mol. The van der Waals surface area contributed by atoms with Gasteiger partial charge >= 0.3 is 6.16 Å². The summed E-state index contributed by atoms with van der Waals surface area (Å²) in [5, 5.41) is 0. The number of carbonyl (C=O) groups is 2. The third-order valence-corrected chi connectivity index (χ3v) is 2.92. The zero-order valence-electron chi connectivity index (χ0n) is 10.6. The fraction of sp³-hybridized carbons (Fsp3) is 0.333. The van der Waals surface area contributed by atoms with Gasteiger partial charge in [-0.1, -0.05) is 30.3 Å². The molecule has 1 aliphatic carbocycles. The first-order valence-electron chi connectivity index (χ1n) is 6.34. The highest BCUT2D eigenvalue weighted by Crippen LogP contribution is 2.18. The fourth-order valence-corrected chi connectivity index (χ4v) is 1.98. The quantitative estimate of drug-likeness (QED) is 0.618. The lowest BCUT2D eigenvalue weighted by Gasteiger charge is -2.19.